The number of aliphatic hydroxyl groups is 1. The van der Waals surface area contributed by atoms with Crippen molar-refractivity contribution in [3.05, 3.63) is 0 Å². The number of rotatable bonds is 12. The van der Waals surface area contributed by atoms with E-state index in [-0.39, 0.29) is 24.0 Å². The lowest BCUT2D eigenvalue weighted by Crippen LogP contribution is -2.48. The predicted molar refractivity (Wildman–Crippen MR) is 124 cm³/mol. The predicted octanol–water partition coefficient (Wildman–Crippen LogP) is 1.36. The molecular formula is C19H42IN5O2. The van der Waals surface area contributed by atoms with E-state index < -0.39 is 5.60 Å². The molecule has 0 bridgehead atoms. The molecule has 0 amide bonds. The van der Waals surface area contributed by atoms with Crippen LogP contribution in [0.2, 0.25) is 0 Å². The lowest BCUT2D eigenvalue weighted by Gasteiger charge is -2.33. The van der Waals surface area contributed by atoms with Gasteiger partial charge in [0.15, 0.2) is 5.96 Å². The van der Waals surface area contributed by atoms with Crippen molar-refractivity contribution < 1.29 is 9.84 Å². The summed E-state index contributed by atoms with van der Waals surface area (Å²) < 4.78 is 5.36. The third kappa shape index (κ3) is 12.8. The number of nitrogens with one attached hydrogen (secondary N) is 2. The number of ether oxygens (including phenoxy) is 1. The zero-order chi connectivity index (χ0) is 19.3. The molecule has 0 aromatic carbocycles. The number of halogens is 1. The minimum absolute atomic E-state index is 0. The molecule has 1 heterocycles. The van der Waals surface area contributed by atoms with Crippen LogP contribution in [0.15, 0.2) is 4.99 Å². The molecule has 1 fully saturated rings. The van der Waals surface area contributed by atoms with Gasteiger partial charge in [-0.3, -0.25) is 9.89 Å². The van der Waals surface area contributed by atoms with Crippen LogP contribution in [-0.4, -0.2) is 98.6 Å². The lowest BCUT2D eigenvalue weighted by molar-refractivity contribution is -0.0179. The summed E-state index contributed by atoms with van der Waals surface area (Å²) in [4.78, 5) is 9.28. The van der Waals surface area contributed by atoms with Gasteiger partial charge in [-0.15, -0.1) is 24.0 Å². The minimum Gasteiger partial charge on any atom is -0.387 e. The number of morpholine rings is 1. The Kier molecular flexibility index (Phi) is 15.6. The van der Waals surface area contributed by atoms with Crippen LogP contribution in [0.25, 0.3) is 0 Å². The Hall–Kier alpha value is -0.160. The molecule has 1 unspecified atom stereocenters. The highest BCUT2D eigenvalue weighted by Gasteiger charge is 2.25. The van der Waals surface area contributed by atoms with Gasteiger partial charge in [-0.05, 0) is 46.3 Å². The van der Waals surface area contributed by atoms with Gasteiger partial charge in [0.2, 0.25) is 0 Å². The van der Waals surface area contributed by atoms with Crippen LogP contribution in [0.4, 0.5) is 0 Å². The maximum Gasteiger partial charge on any atom is 0.191 e. The number of guanidine groups is 1. The van der Waals surface area contributed by atoms with Crippen LogP contribution in [-0.2, 0) is 4.74 Å². The normalized spacial score (nSPS) is 18.1. The zero-order valence-corrected chi connectivity index (χ0v) is 20.1. The Morgan fingerprint density at radius 2 is 1.81 bits per heavy atom. The van der Waals surface area contributed by atoms with Crippen LogP contribution < -0.4 is 10.6 Å². The van der Waals surface area contributed by atoms with E-state index in [1.54, 1.807) is 0 Å². The summed E-state index contributed by atoms with van der Waals surface area (Å²) in [7, 11) is 0. The SMILES string of the molecule is CCNC(=NCC(C)(O)CN1CCOCC1)NCCCCN(CC)CC.I. The van der Waals surface area contributed by atoms with E-state index in [2.05, 4.69) is 46.2 Å². The second-order valence-corrected chi connectivity index (χ2v) is 7.24. The summed E-state index contributed by atoms with van der Waals surface area (Å²) in [5, 5.41) is 17.3. The molecule has 27 heavy (non-hydrogen) atoms. The van der Waals surface area contributed by atoms with E-state index in [1.807, 2.05) is 6.92 Å². The Balaban J connectivity index is 0.00000676. The molecule has 3 N–H and O–H groups in total. The summed E-state index contributed by atoms with van der Waals surface area (Å²) >= 11 is 0. The summed E-state index contributed by atoms with van der Waals surface area (Å²) in [5.41, 5.74) is -0.831. The number of unbranched alkanes of at least 4 members (excludes halogenated alkanes) is 1. The number of nitrogens with zero attached hydrogens (tertiary/aromatic N) is 3. The first-order valence-corrected chi connectivity index (χ1v) is 10.3. The molecule has 0 aromatic rings. The minimum atomic E-state index is -0.831. The van der Waals surface area contributed by atoms with E-state index >= 15 is 0 Å². The molecule has 0 aromatic heterocycles. The largest absolute Gasteiger partial charge is 0.387 e. The van der Waals surface area contributed by atoms with E-state index in [0.717, 1.165) is 71.4 Å². The Bertz CT molecular complexity index is 386. The quantitative estimate of drug-likeness (QED) is 0.163. The van der Waals surface area contributed by atoms with Crippen LogP contribution in [0.5, 0.6) is 0 Å². The third-order valence-corrected chi connectivity index (χ3v) is 4.68. The topological polar surface area (TPSA) is 72.4 Å². The second kappa shape index (κ2) is 15.7. The van der Waals surface area contributed by atoms with Gasteiger partial charge in [-0.1, -0.05) is 13.8 Å². The monoisotopic (exact) mass is 499 g/mol. The van der Waals surface area contributed by atoms with E-state index in [4.69, 9.17) is 4.74 Å². The van der Waals surface area contributed by atoms with Crippen molar-refractivity contribution >= 4 is 29.9 Å². The third-order valence-electron chi connectivity index (χ3n) is 4.68. The number of β-amino-alcohol motifs (C(OH)–C–C–N with tert-alkyl or cyclic N) is 1. The number of aliphatic imine (C=N–C) groups is 1. The van der Waals surface area contributed by atoms with Crippen molar-refractivity contribution in [1.29, 1.82) is 0 Å². The fourth-order valence-electron chi connectivity index (χ4n) is 3.09. The lowest BCUT2D eigenvalue weighted by atomic mass is 10.1. The van der Waals surface area contributed by atoms with Crippen LogP contribution in [0, 0.1) is 0 Å². The summed E-state index contributed by atoms with van der Waals surface area (Å²) in [6, 6.07) is 0. The van der Waals surface area contributed by atoms with Crippen LogP contribution in [0.1, 0.15) is 40.5 Å². The smallest absolute Gasteiger partial charge is 0.191 e. The Labute approximate surface area is 183 Å². The van der Waals surface area contributed by atoms with Gasteiger partial charge >= 0.3 is 0 Å². The first-order chi connectivity index (χ1) is 12.5. The second-order valence-electron chi connectivity index (χ2n) is 7.24. The Morgan fingerprint density at radius 3 is 2.41 bits per heavy atom. The van der Waals surface area contributed by atoms with Crippen molar-refractivity contribution in [1.82, 2.24) is 20.4 Å². The van der Waals surface area contributed by atoms with Crippen molar-refractivity contribution in [2.45, 2.75) is 46.1 Å². The highest BCUT2D eigenvalue weighted by atomic mass is 127. The van der Waals surface area contributed by atoms with Gasteiger partial charge < -0.3 is 25.4 Å². The fourth-order valence-corrected chi connectivity index (χ4v) is 3.09. The molecule has 0 aliphatic carbocycles. The molecular weight excluding hydrogens is 457 g/mol. The maximum atomic E-state index is 10.7. The highest BCUT2D eigenvalue weighted by molar-refractivity contribution is 14.0. The van der Waals surface area contributed by atoms with E-state index in [1.165, 1.54) is 6.42 Å². The summed E-state index contributed by atoms with van der Waals surface area (Å²) in [5.74, 6) is 0.789. The van der Waals surface area contributed by atoms with Crippen LogP contribution >= 0.6 is 24.0 Å². The highest BCUT2D eigenvalue weighted by Crippen LogP contribution is 2.09. The Morgan fingerprint density at radius 1 is 1.15 bits per heavy atom. The van der Waals surface area contributed by atoms with Gasteiger partial charge in [0.1, 0.15) is 0 Å². The van der Waals surface area contributed by atoms with Crippen LogP contribution in [0.3, 0.4) is 0 Å². The average molecular weight is 499 g/mol. The zero-order valence-electron chi connectivity index (χ0n) is 17.8. The maximum absolute atomic E-state index is 10.7. The molecule has 1 atom stereocenters. The first-order valence-electron chi connectivity index (χ1n) is 10.3. The number of hydrogen-bond donors (Lipinski definition) is 3. The molecule has 1 aliphatic rings. The van der Waals surface area contributed by atoms with Gasteiger partial charge in [-0.2, -0.15) is 0 Å². The molecule has 8 heteroatoms. The van der Waals surface area contributed by atoms with Gasteiger partial charge in [-0.25, -0.2) is 0 Å². The van der Waals surface area contributed by atoms with Gasteiger partial charge in [0.05, 0.1) is 25.4 Å². The van der Waals surface area contributed by atoms with Crippen molar-refractivity contribution in [3.8, 4) is 0 Å². The molecule has 0 radical (unpaired) electrons. The fraction of sp³-hybridized carbons (Fsp3) is 0.947. The average Bonchev–Trinajstić information content (AvgIpc) is 2.63. The van der Waals surface area contributed by atoms with E-state index in [0.29, 0.717) is 13.1 Å². The molecule has 0 spiro atoms. The molecule has 0 saturated carbocycles. The first kappa shape index (κ1) is 26.8. The summed E-state index contributed by atoms with van der Waals surface area (Å²) in [6.07, 6.45) is 2.30. The molecule has 1 saturated heterocycles. The molecule has 1 aliphatic heterocycles. The van der Waals surface area contributed by atoms with Crippen molar-refractivity contribution in [3.63, 3.8) is 0 Å². The molecule has 162 valence electrons. The van der Waals surface area contributed by atoms with E-state index in [9.17, 15) is 5.11 Å². The standard InChI is InChI=1S/C19H41N5O2.HI/c1-5-20-18(21-10-8-9-11-23(6-2)7-3)22-16-19(4,25)17-24-12-14-26-15-13-24;/h25H,5-17H2,1-4H3,(H2,20,21,22);1H. The molecule has 7 nitrogen and oxygen atoms in total. The number of hydrogen-bond acceptors (Lipinski definition) is 5. The van der Waals surface area contributed by atoms with Gasteiger partial charge in [0.25, 0.3) is 0 Å². The van der Waals surface area contributed by atoms with Gasteiger partial charge in [0, 0.05) is 32.7 Å². The van der Waals surface area contributed by atoms with Crippen molar-refractivity contribution in [2.24, 2.45) is 4.99 Å². The summed E-state index contributed by atoms with van der Waals surface area (Å²) in [6.45, 7) is 17.7. The van der Waals surface area contributed by atoms with Crippen molar-refractivity contribution in [2.75, 3.05) is 72.1 Å². The molecule has 1 rings (SSSR count).